The van der Waals surface area contributed by atoms with Gasteiger partial charge in [-0.05, 0) is 36.8 Å². The summed E-state index contributed by atoms with van der Waals surface area (Å²) in [6, 6.07) is 8.53. The molecule has 0 aliphatic rings. The van der Waals surface area contributed by atoms with Crippen LogP contribution in [0.2, 0.25) is 5.02 Å². The summed E-state index contributed by atoms with van der Waals surface area (Å²) in [7, 11) is 0. The maximum Gasteiger partial charge on any atom is 0.143 e. The largest absolute Gasteiger partial charge is 0.379 e. The second kappa shape index (κ2) is 5.15. The SMILES string of the molecule is Cc1cccnc1CNc1ccc(Cl)c(F)c1. The smallest absolute Gasteiger partial charge is 0.143 e. The fourth-order valence-corrected chi connectivity index (χ4v) is 1.61. The van der Waals surface area contributed by atoms with Gasteiger partial charge in [0.15, 0.2) is 0 Å². The normalized spacial score (nSPS) is 10.3. The molecule has 1 N–H and O–H groups in total. The summed E-state index contributed by atoms with van der Waals surface area (Å²) in [5.41, 5.74) is 2.74. The number of rotatable bonds is 3. The monoisotopic (exact) mass is 250 g/mol. The van der Waals surface area contributed by atoms with Crippen LogP contribution in [0.1, 0.15) is 11.3 Å². The summed E-state index contributed by atoms with van der Waals surface area (Å²) in [4.78, 5) is 4.25. The fraction of sp³-hybridized carbons (Fsp3) is 0.154. The molecule has 1 aromatic heterocycles. The first kappa shape index (κ1) is 11.9. The molecule has 0 saturated carbocycles. The van der Waals surface area contributed by atoms with Crippen LogP contribution < -0.4 is 5.32 Å². The van der Waals surface area contributed by atoms with Gasteiger partial charge in [-0.1, -0.05) is 17.7 Å². The molecule has 0 fully saturated rings. The second-order valence-corrected chi connectivity index (χ2v) is 4.16. The third-order valence-corrected chi connectivity index (χ3v) is 2.80. The van der Waals surface area contributed by atoms with Crippen LogP contribution in [-0.2, 0) is 6.54 Å². The van der Waals surface area contributed by atoms with Gasteiger partial charge in [0.2, 0.25) is 0 Å². The number of nitrogens with one attached hydrogen (secondary N) is 1. The van der Waals surface area contributed by atoms with Crippen molar-refractivity contribution in [2.24, 2.45) is 0 Å². The Bertz CT molecular complexity index is 529. The molecule has 88 valence electrons. The number of anilines is 1. The lowest BCUT2D eigenvalue weighted by atomic mass is 10.2. The van der Waals surface area contributed by atoms with Crippen molar-refractivity contribution in [2.45, 2.75) is 13.5 Å². The number of hydrogen-bond donors (Lipinski definition) is 1. The predicted octanol–water partition coefficient (Wildman–Crippen LogP) is 3.79. The van der Waals surface area contributed by atoms with Gasteiger partial charge in [-0.2, -0.15) is 0 Å². The van der Waals surface area contributed by atoms with Crippen molar-refractivity contribution in [2.75, 3.05) is 5.32 Å². The van der Waals surface area contributed by atoms with E-state index in [0.29, 0.717) is 12.2 Å². The van der Waals surface area contributed by atoms with Crippen LogP contribution in [0.4, 0.5) is 10.1 Å². The van der Waals surface area contributed by atoms with Gasteiger partial charge in [0, 0.05) is 11.9 Å². The maximum absolute atomic E-state index is 13.2. The first-order chi connectivity index (χ1) is 8.16. The van der Waals surface area contributed by atoms with E-state index >= 15 is 0 Å². The Kier molecular flexibility index (Phi) is 3.59. The van der Waals surface area contributed by atoms with E-state index in [9.17, 15) is 4.39 Å². The van der Waals surface area contributed by atoms with E-state index in [1.165, 1.54) is 12.1 Å². The molecule has 0 aliphatic carbocycles. The lowest BCUT2D eigenvalue weighted by Gasteiger charge is -2.08. The van der Waals surface area contributed by atoms with Crippen LogP contribution in [0.3, 0.4) is 0 Å². The summed E-state index contributed by atoms with van der Waals surface area (Å²) >= 11 is 5.61. The van der Waals surface area contributed by atoms with Crippen molar-refractivity contribution in [1.29, 1.82) is 0 Å². The predicted molar refractivity (Wildman–Crippen MR) is 67.7 cm³/mol. The molecular weight excluding hydrogens is 239 g/mol. The van der Waals surface area contributed by atoms with E-state index in [1.807, 2.05) is 19.1 Å². The van der Waals surface area contributed by atoms with Gasteiger partial charge in [-0.15, -0.1) is 0 Å². The molecule has 0 aliphatic heterocycles. The number of pyridine rings is 1. The molecular formula is C13H12ClFN2. The minimum absolute atomic E-state index is 0.129. The van der Waals surface area contributed by atoms with E-state index in [2.05, 4.69) is 10.3 Å². The number of aromatic nitrogens is 1. The molecule has 0 spiro atoms. The zero-order valence-corrected chi connectivity index (χ0v) is 10.1. The van der Waals surface area contributed by atoms with Crippen LogP contribution >= 0.6 is 11.6 Å². The molecule has 2 nitrogen and oxygen atoms in total. The molecule has 2 rings (SSSR count). The summed E-state index contributed by atoms with van der Waals surface area (Å²) in [5, 5.41) is 3.24. The first-order valence-corrected chi connectivity index (χ1v) is 5.64. The minimum atomic E-state index is -0.422. The molecule has 0 atom stereocenters. The van der Waals surface area contributed by atoms with E-state index < -0.39 is 5.82 Å². The zero-order chi connectivity index (χ0) is 12.3. The van der Waals surface area contributed by atoms with Crippen molar-refractivity contribution in [3.63, 3.8) is 0 Å². The highest BCUT2D eigenvalue weighted by Crippen LogP contribution is 2.19. The van der Waals surface area contributed by atoms with Crippen molar-refractivity contribution < 1.29 is 4.39 Å². The van der Waals surface area contributed by atoms with E-state index in [0.717, 1.165) is 11.3 Å². The molecule has 1 aromatic carbocycles. The Morgan fingerprint density at radius 1 is 1.35 bits per heavy atom. The molecule has 0 bridgehead atoms. The van der Waals surface area contributed by atoms with Crippen molar-refractivity contribution in [3.05, 3.63) is 58.6 Å². The Hall–Kier alpha value is -1.61. The number of nitrogens with zero attached hydrogens (tertiary/aromatic N) is 1. The van der Waals surface area contributed by atoms with Crippen LogP contribution in [0.25, 0.3) is 0 Å². The third kappa shape index (κ3) is 2.94. The summed E-state index contributed by atoms with van der Waals surface area (Å²) in [6.07, 6.45) is 1.74. The van der Waals surface area contributed by atoms with Gasteiger partial charge >= 0.3 is 0 Å². The lowest BCUT2D eigenvalue weighted by Crippen LogP contribution is -2.03. The highest BCUT2D eigenvalue weighted by atomic mass is 35.5. The van der Waals surface area contributed by atoms with Crippen molar-refractivity contribution >= 4 is 17.3 Å². The van der Waals surface area contributed by atoms with E-state index in [-0.39, 0.29) is 5.02 Å². The van der Waals surface area contributed by atoms with Crippen molar-refractivity contribution in [3.8, 4) is 0 Å². The minimum Gasteiger partial charge on any atom is -0.379 e. The van der Waals surface area contributed by atoms with Gasteiger partial charge in [0.25, 0.3) is 0 Å². The molecule has 4 heteroatoms. The standard InChI is InChI=1S/C13H12ClFN2/c1-9-3-2-6-16-13(9)8-17-10-4-5-11(14)12(15)7-10/h2-7,17H,8H2,1H3. The fourth-order valence-electron chi connectivity index (χ4n) is 1.50. The van der Waals surface area contributed by atoms with Gasteiger partial charge in [-0.3, -0.25) is 4.98 Å². The highest BCUT2D eigenvalue weighted by Gasteiger charge is 2.02. The van der Waals surface area contributed by atoms with Crippen molar-refractivity contribution in [1.82, 2.24) is 4.98 Å². The molecule has 0 saturated heterocycles. The Balaban J connectivity index is 2.08. The average molecular weight is 251 g/mol. The number of benzene rings is 1. The van der Waals surface area contributed by atoms with Crippen LogP contribution in [0.5, 0.6) is 0 Å². The molecule has 17 heavy (non-hydrogen) atoms. The van der Waals surface area contributed by atoms with Gasteiger partial charge in [-0.25, -0.2) is 4.39 Å². The first-order valence-electron chi connectivity index (χ1n) is 5.26. The van der Waals surface area contributed by atoms with Crippen LogP contribution in [0, 0.1) is 12.7 Å². The van der Waals surface area contributed by atoms with Gasteiger partial charge < -0.3 is 5.32 Å². The second-order valence-electron chi connectivity index (χ2n) is 3.75. The Morgan fingerprint density at radius 3 is 2.88 bits per heavy atom. The summed E-state index contributed by atoms with van der Waals surface area (Å²) in [6.45, 7) is 2.56. The summed E-state index contributed by atoms with van der Waals surface area (Å²) < 4.78 is 13.2. The van der Waals surface area contributed by atoms with E-state index in [1.54, 1.807) is 12.3 Å². The number of hydrogen-bond acceptors (Lipinski definition) is 2. The van der Waals surface area contributed by atoms with E-state index in [4.69, 9.17) is 11.6 Å². The Labute approximate surface area is 104 Å². The molecule has 1 heterocycles. The average Bonchev–Trinajstić information content (AvgIpc) is 2.32. The van der Waals surface area contributed by atoms with Gasteiger partial charge in [0.05, 0.1) is 17.3 Å². The lowest BCUT2D eigenvalue weighted by molar-refractivity contribution is 0.628. The number of aryl methyl sites for hydroxylation is 1. The zero-order valence-electron chi connectivity index (χ0n) is 9.37. The third-order valence-electron chi connectivity index (χ3n) is 2.50. The topological polar surface area (TPSA) is 24.9 Å². The molecule has 0 unspecified atom stereocenters. The van der Waals surface area contributed by atoms with Crippen LogP contribution in [-0.4, -0.2) is 4.98 Å². The van der Waals surface area contributed by atoms with Crippen LogP contribution in [0.15, 0.2) is 36.5 Å². The highest BCUT2D eigenvalue weighted by molar-refractivity contribution is 6.30. The summed E-state index contributed by atoms with van der Waals surface area (Å²) in [5.74, 6) is -0.422. The Morgan fingerprint density at radius 2 is 2.18 bits per heavy atom. The molecule has 0 radical (unpaired) electrons. The quantitative estimate of drug-likeness (QED) is 0.896. The molecule has 2 aromatic rings. The number of halogens is 2. The maximum atomic E-state index is 13.2. The van der Waals surface area contributed by atoms with Gasteiger partial charge in [0.1, 0.15) is 5.82 Å². The molecule has 0 amide bonds.